The largest absolute Gasteiger partial charge is 0.497 e. The van der Waals surface area contributed by atoms with Crippen molar-refractivity contribution < 1.29 is 33.3 Å². The van der Waals surface area contributed by atoms with Crippen LogP contribution in [0.5, 0.6) is 11.5 Å². The predicted octanol–water partition coefficient (Wildman–Crippen LogP) is 3.73. The Labute approximate surface area is 188 Å². The summed E-state index contributed by atoms with van der Waals surface area (Å²) in [6, 6.07) is 14.9. The van der Waals surface area contributed by atoms with Crippen LogP contribution in [0.25, 0.3) is 0 Å². The maximum Gasteiger partial charge on any atom is 0.320 e. The van der Waals surface area contributed by atoms with Crippen LogP contribution in [0.4, 0.5) is 0 Å². The van der Waals surface area contributed by atoms with E-state index in [1.165, 1.54) is 0 Å². The van der Waals surface area contributed by atoms with Gasteiger partial charge in [0, 0.05) is 12.5 Å². The minimum Gasteiger partial charge on any atom is -0.497 e. The molecule has 1 unspecified atom stereocenters. The van der Waals surface area contributed by atoms with E-state index < -0.39 is 29.4 Å². The fourth-order valence-corrected chi connectivity index (χ4v) is 4.39. The van der Waals surface area contributed by atoms with E-state index in [-0.39, 0.29) is 13.2 Å². The third kappa shape index (κ3) is 4.43. The molecule has 7 heteroatoms. The van der Waals surface area contributed by atoms with Crippen LogP contribution in [-0.4, -0.2) is 46.0 Å². The molecule has 32 heavy (non-hydrogen) atoms. The van der Waals surface area contributed by atoms with Gasteiger partial charge in [0.1, 0.15) is 17.1 Å². The van der Waals surface area contributed by atoms with Gasteiger partial charge in [-0.15, -0.1) is 0 Å². The number of carbonyl (C=O) groups is 2. The van der Waals surface area contributed by atoms with Gasteiger partial charge in [-0.3, -0.25) is 9.59 Å². The molecule has 7 nitrogen and oxygen atoms in total. The van der Waals surface area contributed by atoms with E-state index in [0.717, 1.165) is 11.1 Å². The minimum atomic E-state index is -1.12. The average molecular weight is 443 g/mol. The van der Waals surface area contributed by atoms with Gasteiger partial charge in [0.2, 0.25) is 0 Å². The Bertz CT molecular complexity index is 839. The number of esters is 2. The van der Waals surface area contributed by atoms with Crippen molar-refractivity contribution in [3.63, 3.8) is 0 Å². The van der Waals surface area contributed by atoms with E-state index in [9.17, 15) is 9.59 Å². The summed E-state index contributed by atoms with van der Waals surface area (Å²) in [4.78, 5) is 26.0. The van der Waals surface area contributed by atoms with Crippen LogP contribution in [0.15, 0.2) is 48.5 Å². The lowest BCUT2D eigenvalue weighted by Crippen LogP contribution is -2.44. The van der Waals surface area contributed by atoms with Crippen LogP contribution in [0.2, 0.25) is 0 Å². The van der Waals surface area contributed by atoms with Crippen LogP contribution in [0, 0.1) is 11.8 Å². The van der Waals surface area contributed by atoms with Crippen LogP contribution in [-0.2, 0) is 29.4 Å². The highest BCUT2D eigenvalue weighted by Crippen LogP contribution is 2.50. The Balaban J connectivity index is 2.18. The summed E-state index contributed by atoms with van der Waals surface area (Å²) in [5, 5.41) is 0. The third-order valence-corrected chi connectivity index (χ3v) is 5.80. The van der Waals surface area contributed by atoms with Gasteiger partial charge < -0.3 is 23.7 Å². The Morgan fingerprint density at radius 1 is 0.875 bits per heavy atom. The number of hydrogen-bond donors (Lipinski definition) is 0. The summed E-state index contributed by atoms with van der Waals surface area (Å²) in [7, 11) is 3.20. The van der Waals surface area contributed by atoms with Gasteiger partial charge in [0.05, 0.1) is 27.4 Å². The molecule has 1 aliphatic heterocycles. The van der Waals surface area contributed by atoms with Gasteiger partial charge in [0.25, 0.3) is 0 Å². The molecule has 2 aromatic carbocycles. The van der Waals surface area contributed by atoms with Gasteiger partial charge >= 0.3 is 11.9 Å². The molecule has 0 N–H and O–H groups in total. The number of rotatable bonds is 9. The maximum atomic E-state index is 13.0. The third-order valence-electron chi connectivity index (χ3n) is 5.80. The standard InChI is InChI=1S/C25H30O7/c1-5-30-23(26)22(24(27)31-6-2)21-15-16-32-25(21,17-7-11-19(28-3)12-8-17)18-9-13-20(29-4)14-10-18/h7-14,21-22H,5-6,15-16H2,1-4H3. The molecule has 3 rings (SSSR count). The first-order valence-electron chi connectivity index (χ1n) is 10.8. The summed E-state index contributed by atoms with van der Waals surface area (Å²) in [5.41, 5.74) is 0.567. The number of methoxy groups -OCH3 is 2. The smallest absolute Gasteiger partial charge is 0.320 e. The quantitative estimate of drug-likeness (QED) is 0.432. The monoisotopic (exact) mass is 442 g/mol. The highest BCUT2D eigenvalue weighted by Gasteiger charge is 2.55. The number of benzene rings is 2. The lowest BCUT2D eigenvalue weighted by atomic mass is 9.70. The first-order valence-corrected chi connectivity index (χ1v) is 10.8. The van der Waals surface area contributed by atoms with Crippen LogP contribution >= 0.6 is 0 Å². The minimum absolute atomic E-state index is 0.167. The second kappa shape index (κ2) is 10.5. The molecule has 0 radical (unpaired) electrons. The number of ether oxygens (including phenoxy) is 5. The predicted molar refractivity (Wildman–Crippen MR) is 118 cm³/mol. The second-order valence-electron chi connectivity index (χ2n) is 7.42. The van der Waals surface area contributed by atoms with Crippen LogP contribution in [0.3, 0.4) is 0 Å². The molecule has 2 aromatic rings. The van der Waals surface area contributed by atoms with Crippen LogP contribution in [0.1, 0.15) is 31.4 Å². The van der Waals surface area contributed by atoms with Gasteiger partial charge in [-0.2, -0.15) is 0 Å². The van der Waals surface area contributed by atoms with Gasteiger partial charge in [-0.05, 0) is 55.7 Å². The lowest BCUT2D eigenvalue weighted by Gasteiger charge is -2.38. The summed E-state index contributed by atoms with van der Waals surface area (Å²) >= 11 is 0. The molecule has 0 amide bonds. The van der Waals surface area contributed by atoms with Gasteiger partial charge in [0.15, 0.2) is 5.92 Å². The lowest BCUT2D eigenvalue weighted by molar-refractivity contribution is -0.167. The van der Waals surface area contributed by atoms with Crippen molar-refractivity contribution in [2.75, 3.05) is 34.0 Å². The summed E-state index contributed by atoms with van der Waals surface area (Å²) < 4.78 is 27.6. The van der Waals surface area contributed by atoms with E-state index in [1.54, 1.807) is 28.1 Å². The van der Waals surface area contributed by atoms with E-state index in [4.69, 9.17) is 23.7 Å². The Morgan fingerprint density at radius 3 is 1.69 bits per heavy atom. The summed E-state index contributed by atoms with van der Waals surface area (Å²) in [5.74, 6) is -1.47. The molecule has 0 spiro atoms. The molecular weight excluding hydrogens is 412 g/mol. The number of carbonyl (C=O) groups excluding carboxylic acids is 2. The fraction of sp³-hybridized carbons (Fsp3) is 0.440. The molecule has 1 heterocycles. The van der Waals surface area contributed by atoms with Crippen molar-refractivity contribution in [2.45, 2.75) is 25.9 Å². The average Bonchev–Trinajstić information content (AvgIpc) is 3.25. The van der Waals surface area contributed by atoms with Crippen molar-refractivity contribution in [3.8, 4) is 11.5 Å². The van der Waals surface area contributed by atoms with Crippen molar-refractivity contribution in [2.24, 2.45) is 11.8 Å². The molecule has 1 atom stereocenters. The molecule has 0 bridgehead atoms. The number of hydrogen-bond acceptors (Lipinski definition) is 7. The zero-order valence-electron chi connectivity index (χ0n) is 19.0. The molecule has 1 aliphatic rings. The summed E-state index contributed by atoms with van der Waals surface area (Å²) in [6.45, 7) is 4.13. The first-order chi connectivity index (χ1) is 15.5. The van der Waals surface area contributed by atoms with Gasteiger partial charge in [-0.1, -0.05) is 24.3 Å². The zero-order chi connectivity index (χ0) is 23.1. The van der Waals surface area contributed by atoms with E-state index in [2.05, 4.69) is 0 Å². The van der Waals surface area contributed by atoms with Crippen LogP contribution < -0.4 is 9.47 Å². The van der Waals surface area contributed by atoms with Crippen molar-refractivity contribution in [1.29, 1.82) is 0 Å². The maximum absolute atomic E-state index is 13.0. The molecule has 0 aromatic heterocycles. The Morgan fingerprint density at radius 2 is 1.31 bits per heavy atom. The van der Waals surface area contributed by atoms with E-state index in [1.807, 2.05) is 48.5 Å². The molecule has 1 fully saturated rings. The molecule has 172 valence electrons. The first kappa shape index (κ1) is 23.6. The Hall–Kier alpha value is -3.06. The normalized spacial score (nSPS) is 17.1. The Kier molecular flexibility index (Phi) is 7.75. The highest BCUT2D eigenvalue weighted by molar-refractivity contribution is 5.95. The fourth-order valence-electron chi connectivity index (χ4n) is 4.39. The van der Waals surface area contributed by atoms with Crippen molar-refractivity contribution in [3.05, 3.63) is 59.7 Å². The van der Waals surface area contributed by atoms with Crippen molar-refractivity contribution in [1.82, 2.24) is 0 Å². The van der Waals surface area contributed by atoms with E-state index in [0.29, 0.717) is 24.5 Å². The SMILES string of the molecule is CCOC(=O)C(C(=O)OCC)C1CCOC1(c1ccc(OC)cc1)c1ccc(OC)cc1. The molecule has 0 aliphatic carbocycles. The molecule has 0 saturated carbocycles. The molecule has 1 saturated heterocycles. The zero-order valence-corrected chi connectivity index (χ0v) is 19.0. The second-order valence-corrected chi connectivity index (χ2v) is 7.42. The highest BCUT2D eigenvalue weighted by atomic mass is 16.6. The van der Waals surface area contributed by atoms with Crippen molar-refractivity contribution >= 4 is 11.9 Å². The topological polar surface area (TPSA) is 80.3 Å². The summed E-state index contributed by atoms with van der Waals surface area (Å²) in [6.07, 6.45) is 0.486. The van der Waals surface area contributed by atoms with E-state index >= 15 is 0 Å². The molecular formula is C25H30O7. The van der Waals surface area contributed by atoms with Gasteiger partial charge in [-0.25, -0.2) is 0 Å².